The van der Waals surface area contributed by atoms with Crippen LogP contribution < -0.4 is 15.8 Å². The van der Waals surface area contributed by atoms with Gasteiger partial charge >= 0.3 is 0 Å². The predicted molar refractivity (Wildman–Crippen MR) is 85.3 cm³/mol. The summed E-state index contributed by atoms with van der Waals surface area (Å²) in [5.41, 5.74) is 9.03. The molecule has 3 N–H and O–H groups in total. The van der Waals surface area contributed by atoms with Crippen LogP contribution in [0.25, 0.3) is 0 Å². The van der Waals surface area contributed by atoms with E-state index < -0.39 is 0 Å². The van der Waals surface area contributed by atoms with Crippen molar-refractivity contribution in [3.63, 3.8) is 0 Å². The minimum absolute atomic E-state index is 0.351. The number of anilines is 2. The maximum Gasteiger partial charge on any atom is 0.143 e. The third-order valence-corrected chi connectivity index (χ3v) is 3.40. The van der Waals surface area contributed by atoms with E-state index >= 15 is 0 Å². The van der Waals surface area contributed by atoms with Crippen molar-refractivity contribution in [2.24, 2.45) is 0 Å². The molecule has 0 fully saturated rings. The van der Waals surface area contributed by atoms with E-state index in [0.717, 1.165) is 18.5 Å². The van der Waals surface area contributed by atoms with Crippen LogP contribution in [0.4, 0.5) is 11.4 Å². The van der Waals surface area contributed by atoms with Crippen LogP contribution in [0.1, 0.15) is 18.9 Å². The third-order valence-electron chi connectivity index (χ3n) is 3.40. The molecule has 0 heterocycles. The molecule has 0 saturated carbocycles. The first-order valence-electron chi connectivity index (χ1n) is 6.93. The number of para-hydroxylation sites is 1. The van der Waals surface area contributed by atoms with Gasteiger partial charge in [0.25, 0.3) is 0 Å². The van der Waals surface area contributed by atoms with Gasteiger partial charge < -0.3 is 15.8 Å². The number of nitrogens with one attached hydrogen (secondary N) is 1. The van der Waals surface area contributed by atoms with Crippen molar-refractivity contribution in [2.45, 2.75) is 25.8 Å². The van der Waals surface area contributed by atoms with Crippen LogP contribution in [-0.2, 0) is 6.42 Å². The number of nitrogen functional groups attached to an aromatic ring is 1. The summed E-state index contributed by atoms with van der Waals surface area (Å²) in [6, 6.07) is 16.7. The summed E-state index contributed by atoms with van der Waals surface area (Å²) in [7, 11) is 1.63. The van der Waals surface area contributed by atoms with Crippen LogP contribution in [0, 0.1) is 0 Å². The number of benzene rings is 2. The zero-order chi connectivity index (χ0) is 14.4. The molecule has 0 radical (unpaired) electrons. The second-order valence-electron chi connectivity index (χ2n) is 4.99. The van der Waals surface area contributed by atoms with E-state index in [1.54, 1.807) is 7.11 Å². The highest BCUT2D eigenvalue weighted by Crippen LogP contribution is 2.29. The lowest BCUT2D eigenvalue weighted by Gasteiger charge is -2.18. The molecule has 1 unspecified atom stereocenters. The summed E-state index contributed by atoms with van der Waals surface area (Å²) < 4.78 is 5.23. The van der Waals surface area contributed by atoms with Crippen LogP contribution in [-0.4, -0.2) is 13.2 Å². The number of hydrogen-bond acceptors (Lipinski definition) is 3. The molecule has 0 aromatic heterocycles. The largest absolute Gasteiger partial charge is 0.495 e. The highest BCUT2D eigenvalue weighted by atomic mass is 16.5. The molecule has 3 heteroatoms. The molecule has 0 aliphatic rings. The van der Waals surface area contributed by atoms with Gasteiger partial charge in [0.05, 0.1) is 18.5 Å². The van der Waals surface area contributed by atoms with Gasteiger partial charge in [0, 0.05) is 6.04 Å². The Morgan fingerprint density at radius 3 is 2.55 bits per heavy atom. The molecule has 0 amide bonds. The lowest BCUT2D eigenvalue weighted by atomic mass is 10.1. The number of hydrogen-bond donors (Lipinski definition) is 2. The van der Waals surface area contributed by atoms with Gasteiger partial charge in [-0.3, -0.25) is 0 Å². The van der Waals surface area contributed by atoms with Crippen molar-refractivity contribution >= 4 is 11.4 Å². The zero-order valence-corrected chi connectivity index (χ0v) is 12.1. The highest BCUT2D eigenvalue weighted by molar-refractivity contribution is 5.73. The molecule has 1 atom stereocenters. The minimum Gasteiger partial charge on any atom is -0.495 e. The Hall–Kier alpha value is -2.16. The fourth-order valence-corrected chi connectivity index (χ4v) is 2.21. The van der Waals surface area contributed by atoms with E-state index in [1.807, 2.05) is 24.3 Å². The Labute approximate surface area is 120 Å². The second kappa shape index (κ2) is 6.85. The van der Waals surface area contributed by atoms with E-state index in [9.17, 15) is 0 Å². The molecule has 0 aliphatic heterocycles. The molecule has 0 aliphatic carbocycles. The van der Waals surface area contributed by atoms with Crippen molar-refractivity contribution < 1.29 is 4.74 Å². The molecule has 20 heavy (non-hydrogen) atoms. The third kappa shape index (κ3) is 3.67. The number of methoxy groups -OCH3 is 1. The summed E-state index contributed by atoms with van der Waals surface area (Å²) in [6.45, 7) is 2.17. The predicted octanol–water partition coefficient (Wildman–Crippen LogP) is 3.71. The van der Waals surface area contributed by atoms with Crippen molar-refractivity contribution in [3.05, 3.63) is 54.1 Å². The molecule has 0 saturated heterocycles. The molecule has 0 bridgehead atoms. The second-order valence-corrected chi connectivity index (χ2v) is 4.99. The van der Waals surface area contributed by atoms with Crippen LogP contribution in [0.2, 0.25) is 0 Å². The molecule has 2 rings (SSSR count). The summed E-state index contributed by atoms with van der Waals surface area (Å²) >= 11 is 0. The topological polar surface area (TPSA) is 47.3 Å². The molecule has 2 aromatic rings. The van der Waals surface area contributed by atoms with Crippen molar-refractivity contribution in [2.75, 3.05) is 18.2 Å². The molecular formula is C17H22N2O. The SMILES string of the molecule is COc1cccc(NC(C)CCc2ccccc2)c1N. The monoisotopic (exact) mass is 270 g/mol. The molecule has 0 spiro atoms. The maximum absolute atomic E-state index is 6.06. The molecular weight excluding hydrogens is 248 g/mol. The van der Waals surface area contributed by atoms with Crippen LogP contribution in [0.15, 0.2) is 48.5 Å². The van der Waals surface area contributed by atoms with Gasteiger partial charge in [-0.2, -0.15) is 0 Å². The average Bonchev–Trinajstić information content (AvgIpc) is 2.48. The fourth-order valence-electron chi connectivity index (χ4n) is 2.21. The zero-order valence-electron chi connectivity index (χ0n) is 12.1. The average molecular weight is 270 g/mol. The first-order chi connectivity index (χ1) is 9.70. The van der Waals surface area contributed by atoms with Gasteiger partial charge in [-0.1, -0.05) is 36.4 Å². The normalized spacial score (nSPS) is 11.9. The van der Waals surface area contributed by atoms with Gasteiger partial charge in [-0.05, 0) is 37.5 Å². The number of rotatable bonds is 6. The molecule has 3 nitrogen and oxygen atoms in total. The van der Waals surface area contributed by atoms with Gasteiger partial charge in [0.1, 0.15) is 5.75 Å². The lowest BCUT2D eigenvalue weighted by Crippen LogP contribution is -2.17. The first-order valence-corrected chi connectivity index (χ1v) is 6.93. The van der Waals surface area contributed by atoms with Gasteiger partial charge in [0.15, 0.2) is 0 Å². The van der Waals surface area contributed by atoms with E-state index in [-0.39, 0.29) is 0 Å². The Kier molecular flexibility index (Phi) is 4.88. The smallest absolute Gasteiger partial charge is 0.143 e. The number of nitrogens with two attached hydrogens (primary N) is 1. The van der Waals surface area contributed by atoms with E-state index in [1.165, 1.54) is 5.56 Å². The Balaban J connectivity index is 1.93. The van der Waals surface area contributed by atoms with Gasteiger partial charge in [0.2, 0.25) is 0 Å². The van der Waals surface area contributed by atoms with Crippen molar-refractivity contribution in [1.29, 1.82) is 0 Å². The van der Waals surface area contributed by atoms with Crippen LogP contribution >= 0.6 is 0 Å². The summed E-state index contributed by atoms with van der Waals surface area (Å²) in [4.78, 5) is 0. The van der Waals surface area contributed by atoms with E-state index in [2.05, 4.69) is 36.5 Å². The fraction of sp³-hybridized carbons (Fsp3) is 0.294. The van der Waals surface area contributed by atoms with Crippen molar-refractivity contribution in [1.82, 2.24) is 0 Å². The first kappa shape index (κ1) is 14.3. The van der Waals surface area contributed by atoms with E-state index in [4.69, 9.17) is 10.5 Å². The highest BCUT2D eigenvalue weighted by Gasteiger charge is 2.08. The number of aryl methyl sites for hydroxylation is 1. The quantitative estimate of drug-likeness (QED) is 0.787. The molecule has 2 aromatic carbocycles. The Morgan fingerprint density at radius 2 is 1.85 bits per heavy atom. The number of ether oxygens (including phenoxy) is 1. The lowest BCUT2D eigenvalue weighted by molar-refractivity contribution is 0.417. The Bertz CT molecular complexity index is 540. The summed E-state index contributed by atoms with van der Waals surface area (Å²) in [5, 5.41) is 3.45. The van der Waals surface area contributed by atoms with Crippen LogP contribution in [0.5, 0.6) is 5.75 Å². The van der Waals surface area contributed by atoms with E-state index in [0.29, 0.717) is 17.5 Å². The minimum atomic E-state index is 0.351. The summed E-state index contributed by atoms with van der Waals surface area (Å²) in [5.74, 6) is 0.713. The standard InChI is InChI=1S/C17H22N2O/c1-13(11-12-14-7-4-3-5-8-14)19-15-9-6-10-16(20-2)17(15)18/h3-10,13,19H,11-12,18H2,1-2H3. The summed E-state index contributed by atoms with van der Waals surface area (Å²) in [6.07, 6.45) is 2.11. The van der Waals surface area contributed by atoms with Crippen molar-refractivity contribution in [3.8, 4) is 5.75 Å². The Morgan fingerprint density at radius 1 is 1.10 bits per heavy atom. The van der Waals surface area contributed by atoms with Gasteiger partial charge in [-0.25, -0.2) is 0 Å². The maximum atomic E-state index is 6.06. The van der Waals surface area contributed by atoms with Gasteiger partial charge in [-0.15, -0.1) is 0 Å². The molecule has 106 valence electrons. The van der Waals surface area contributed by atoms with Crippen LogP contribution in [0.3, 0.4) is 0 Å².